The standard InChI is InChI=1S/C16H13Br3N2O4/c1-24-11-2-3-14(12(18)6-11)25-8-15(22)21-20-7-9-4-10(17)5-13(19)16(9)23/h2-7,23H,8H2,1H3,(H,21,22). The third kappa shape index (κ3) is 5.72. The molecule has 0 aliphatic carbocycles. The number of halogens is 3. The number of ether oxygens (including phenoxy) is 2. The number of carbonyl (C=O) groups is 1. The van der Waals surface area contributed by atoms with Crippen molar-refractivity contribution in [2.45, 2.75) is 0 Å². The Labute approximate surface area is 169 Å². The van der Waals surface area contributed by atoms with Crippen LogP contribution in [0.5, 0.6) is 17.2 Å². The summed E-state index contributed by atoms with van der Waals surface area (Å²) in [6.45, 7) is -0.212. The fourth-order valence-corrected chi connectivity index (χ4v) is 3.49. The molecule has 0 spiro atoms. The van der Waals surface area contributed by atoms with Gasteiger partial charge in [0.15, 0.2) is 6.61 Å². The highest BCUT2D eigenvalue weighted by Crippen LogP contribution is 2.30. The lowest BCUT2D eigenvalue weighted by Crippen LogP contribution is -2.24. The molecule has 2 N–H and O–H groups in total. The molecule has 0 radical (unpaired) electrons. The molecule has 0 heterocycles. The fraction of sp³-hybridized carbons (Fsp3) is 0.125. The van der Waals surface area contributed by atoms with Gasteiger partial charge in [0, 0.05) is 10.0 Å². The lowest BCUT2D eigenvalue weighted by molar-refractivity contribution is -0.123. The predicted octanol–water partition coefficient (Wildman–Crippen LogP) is 4.22. The molecule has 0 unspecified atom stereocenters. The van der Waals surface area contributed by atoms with Crippen LogP contribution in [0.1, 0.15) is 5.56 Å². The predicted molar refractivity (Wildman–Crippen MR) is 105 cm³/mol. The molecule has 0 saturated heterocycles. The third-order valence-corrected chi connectivity index (χ3v) is 4.63. The Hall–Kier alpha value is -1.58. The van der Waals surface area contributed by atoms with Gasteiger partial charge in [-0.25, -0.2) is 5.43 Å². The van der Waals surface area contributed by atoms with E-state index >= 15 is 0 Å². The number of phenols is 1. The zero-order valence-electron chi connectivity index (χ0n) is 12.9. The molecular weight excluding hydrogens is 524 g/mol. The Morgan fingerprint density at radius 2 is 2.00 bits per heavy atom. The second-order valence-electron chi connectivity index (χ2n) is 4.70. The minimum atomic E-state index is -0.437. The SMILES string of the molecule is COc1ccc(OCC(=O)NN=Cc2cc(Br)cc(Br)c2O)c(Br)c1. The number of hydrogen-bond donors (Lipinski definition) is 2. The molecule has 9 heteroatoms. The summed E-state index contributed by atoms with van der Waals surface area (Å²) in [5, 5.41) is 13.7. The first-order chi connectivity index (χ1) is 11.9. The van der Waals surface area contributed by atoms with Crippen molar-refractivity contribution >= 4 is 59.9 Å². The van der Waals surface area contributed by atoms with Crippen molar-refractivity contribution in [3.05, 3.63) is 49.3 Å². The van der Waals surface area contributed by atoms with E-state index in [4.69, 9.17) is 9.47 Å². The molecule has 132 valence electrons. The second-order valence-corrected chi connectivity index (χ2v) is 7.33. The van der Waals surface area contributed by atoms with Gasteiger partial charge in [0.05, 0.1) is 22.3 Å². The zero-order valence-corrected chi connectivity index (χ0v) is 17.7. The largest absolute Gasteiger partial charge is 0.506 e. The normalized spacial score (nSPS) is 10.7. The average molecular weight is 537 g/mol. The highest BCUT2D eigenvalue weighted by Gasteiger charge is 2.07. The van der Waals surface area contributed by atoms with Crippen LogP contribution in [0.15, 0.2) is 48.9 Å². The molecule has 25 heavy (non-hydrogen) atoms. The minimum Gasteiger partial charge on any atom is -0.506 e. The van der Waals surface area contributed by atoms with Gasteiger partial charge < -0.3 is 14.6 Å². The number of carbonyl (C=O) groups excluding carboxylic acids is 1. The van der Waals surface area contributed by atoms with Crippen molar-refractivity contribution in [1.82, 2.24) is 5.43 Å². The molecule has 0 saturated carbocycles. The van der Waals surface area contributed by atoms with Crippen LogP contribution in [0.2, 0.25) is 0 Å². The van der Waals surface area contributed by atoms with Gasteiger partial charge in [-0.3, -0.25) is 4.79 Å². The number of rotatable bonds is 6. The summed E-state index contributed by atoms with van der Waals surface area (Å²) in [5.41, 5.74) is 2.78. The highest BCUT2D eigenvalue weighted by atomic mass is 79.9. The van der Waals surface area contributed by atoms with Crippen molar-refractivity contribution in [2.75, 3.05) is 13.7 Å². The van der Waals surface area contributed by atoms with Crippen LogP contribution >= 0.6 is 47.8 Å². The van der Waals surface area contributed by atoms with Gasteiger partial charge >= 0.3 is 0 Å². The zero-order chi connectivity index (χ0) is 18.4. The third-order valence-electron chi connectivity index (χ3n) is 2.95. The summed E-state index contributed by atoms with van der Waals surface area (Å²) in [7, 11) is 1.56. The first-order valence-corrected chi connectivity index (χ1v) is 9.25. The van der Waals surface area contributed by atoms with Crippen molar-refractivity contribution in [3.63, 3.8) is 0 Å². The van der Waals surface area contributed by atoms with E-state index in [2.05, 4.69) is 58.3 Å². The van der Waals surface area contributed by atoms with Gasteiger partial charge in [0.25, 0.3) is 5.91 Å². The Morgan fingerprint density at radius 3 is 2.68 bits per heavy atom. The molecule has 0 atom stereocenters. The molecule has 0 aliphatic rings. The topological polar surface area (TPSA) is 80.2 Å². The van der Waals surface area contributed by atoms with Crippen molar-refractivity contribution in [1.29, 1.82) is 0 Å². The number of nitrogens with one attached hydrogen (secondary N) is 1. The number of nitrogens with zero attached hydrogens (tertiary/aromatic N) is 1. The van der Waals surface area contributed by atoms with Crippen molar-refractivity contribution < 1.29 is 19.4 Å². The first kappa shape index (κ1) is 19.7. The second kappa shape index (κ2) is 9.21. The van der Waals surface area contributed by atoms with Crippen LogP contribution in [-0.4, -0.2) is 30.9 Å². The summed E-state index contributed by atoms with van der Waals surface area (Å²) in [6, 6.07) is 8.52. The van der Waals surface area contributed by atoms with Crippen LogP contribution in [0.3, 0.4) is 0 Å². The molecule has 2 rings (SSSR count). The average Bonchev–Trinajstić information content (AvgIpc) is 2.57. The van der Waals surface area contributed by atoms with E-state index in [9.17, 15) is 9.90 Å². The highest BCUT2D eigenvalue weighted by molar-refractivity contribution is 9.11. The molecular formula is C16H13Br3N2O4. The Balaban J connectivity index is 1.91. The monoisotopic (exact) mass is 534 g/mol. The summed E-state index contributed by atoms with van der Waals surface area (Å²) in [4.78, 5) is 11.8. The number of amides is 1. The number of benzene rings is 2. The Bertz CT molecular complexity index is 812. The van der Waals surface area contributed by atoms with Crippen LogP contribution in [0.25, 0.3) is 0 Å². The minimum absolute atomic E-state index is 0.0274. The molecule has 0 bridgehead atoms. The van der Waals surface area contributed by atoms with Gasteiger partial charge in [-0.15, -0.1) is 0 Å². The van der Waals surface area contributed by atoms with Gasteiger partial charge in [0.2, 0.25) is 0 Å². The maximum atomic E-state index is 11.8. The van der Waals surface area contributed by atoms with E-state index in [1.165, 1.54) is 6.21 Å². The lowest BCUT2D eigenvalue weighted by atomic mass is 10.2. The van der Waals surface area contributed by atoms with Gasteiger partial charge in [-0.1, -0.05) is 15.9 Å². The molecule has 0 fully saturated rings. The molecule has 6 nitrogen and oxygen atoms in total. The number of hydrazone groups is 1. The number of aromatic hydroxyl groups is 1. The summed E-state index contributed by atoms with van der Waals surface area (Å²) in [5.74, 6) is 0.772. The Kier molecular flexibility index (Phi) is 7.27. The summed E-state index contributed by atoms with van der Waals surface area (Å²) >= 11 is 9.88. The van der Waals surface area contributed by atoms with Gasteiger partial charge in [-0.05, 0) is 62.2 Å². The van der Waals surface area contributed by atoms with E-state index in [-0.39, 0.29) is 12.4 Å². The van der Waals surface area contributed by atoms with E-state index in [1.54, 1.807) is 37.4 Å². The fourth-order valence-electron chi connectivity index (χ4n) is 1.76. The van der Waals surface area contributed by atoms with Crippen molar-refractivity contribution in [2.24, 2.45) is 5.10 Å². The summed E-state index contributed by atoms with van der Waals surface area (Å²) < 4.78 is 12.4. The van der Waals surface area contributed by atoms with E-state index < -0.39 is 5.91 Å². The van der Waals surface area contributed by atoms with E-state index in [0.29, 0.717) is 26.0 Å². The van der Waals surface area contributed by atoms with Crippen molar-refractivity contribution in [3.8, 4) is 17.2 Å². The molecule has 2 aromatic carbocycles. The van der Waals surface area contributed by atoms with Gasteiger partial charge in [0.1, 0.15) is 17.2 Å². The van der Waals surface area contributed by atoms with Gasteiger partial charge in [-0.2, -0.15) is 5.10 Å². The molecule has 1 amide bonds. The lowest BCUT2D eigenvalue weighted by Gasteiger charge is -2.08. The maximum Gasteiger partial charge on any atom is 0.277 e. The molecule has 2 aromatic rings. The van der Waals surface area contributed by atoms with Crippen LogP contribution in [0, 0.1) is 0 Å². The Morgan fingerprint density at radius 1 is 1.24 bits per heavy atom. The smallest absolute Gasteiger partial charge is 0.277 e. The van der Waals surface area contributed by atoms with E-state index in [1.807, 2.05) is 0 Å². The number of methoxy groups -OCH3 is 1. The van der Waals surface area contributed by atoms with Crippen LogP contribution < -0.4 is 14.9 Å². The molecule has 0 aromatic heterocycles. The first-order valence-electron chi connectivity index (χ1n) is 6.87. The number of hydrogen-bond acceptors (Lipinski definition) is 5. The van der Waals surface area contributed by atoms with Crippen LogP contribution in [-0.2, 0) is 4.79 Å². The van der Waals surface area contributed by atoms with E-state index in [0.717, 1.165) is 4.47 Å². The van der Waals surface area contributed by atoms with Crippen LogP contribution in [0.4, 0.5) is 0 Å². The maximum absolute atomic E-state index is 11.8. The molecule has 0 aliphatic heterocycles. The quantitative estimate of drug-likeness (QED) is 0.428. The summed E-state index contributed by atoms with van der Waals surface area (Å²) in [6.07, 6.45) is 1.34. The number of phenolic OH excluding ortho intramolecular Hbond substituents is 1.